The number of methoxy groups -OCH3 is 1. The Morgan fingerprint density at radius 1 is 1.29 bits per heavy atom. The number of carbonyl (C=O) groups is 1. The van der Waals surface area contributed by atoms with Crippen LogP contribution in [0.5, 0.6) is 5.75 Å². The number of aliphatic hydroxyl groups is 1. The zero-order chi connectivity index (χ0) is 15.2. The summed E-state index contributed by atoms with van der Waals surface area (Å²) in [7, 11) is 1.52. The van der Waals surface area contributed by atoms with Crippen LogP contribution in [0.4, 0.5) is 5.69 Å². The van der Waals surface area contributed by atoms with Gasteiger partial charge < -0.3 is 20.9 Å². The van der Waals surface area contributed by atoms with Crippen molar-refractivity contribution in [3.8, 4) is 5.75 Å². The van der Waals surface area contributed by atoms with Gasteiger partial charge in [0.1, 0.15) is 5.75 Å². The van der Waals surface area contributed by atoms with Crippen molar-refractivity contribution >= 4 is 11.6 Å². The average Bonchev–Trinajstić information content (AvgIpc) is 2.53. The monoisotopic (exact) mass is 286 g/mol. The first-order valence-electron chi connectivity index (χ1n) is 6.56. The Hall–Kier alpha value is -2.53. The van der Waals surface area contributed by atoms with E-state index in [9.17, 15) is 9.90 Å². The first-order chi connectivity index (χ1) is 10.2. The highest BCUT2D eigenvalue weighted by Crippen LogP contribution is 2.21. The van der Waals surface area contributed by atoms with Gasteiger partial charge in [0, 0.05) is 5.69 Å². The fraction of sp³-hybridized carbons (Fsp3) is 0.188. The molecule has 0 saturated carbocycles. The summed E-state index contributed by atoms with van der Waals surface area (Å²) < 4.78 is 5.09. The van der Waals surface area contributed by atoms with Gasteiger partial charge in [-0.3, -0.25) is 4.79 Å². The summed E-state index contributed by atoms with van der Waals surface area (Å²) in [6, 6.07) is 13.7. The maximum absolute atomic E-state index is 12.3. The molecule has 2 aromatic carbocycles. The zero-order valence-corrected chi connectivity index (χ0v) is 11.7. The van der Waals surface area contributed by atoms with E-state index in [4.69, 9.17) is 10.5 Å². The third kappa shape index (κ3) is 3.52. The Morgan fingerprint density at radius 2 is 2.00 bits per heavy atom. The van der Waals surface area contributed by atoms with Gasteiger partial charge in [0.05, 0.1) is 25.3 Å². The molecule has 1 amide bonds. The van der Waals surface area contributed by atoms with Crippen LogP contribution >= 0.6 is 0 Å². The maximum atomic E-state index is 12.3. The molecule has 1 atom stereocenters. The van der Waals surface area contributed by atoms with Crippen molar-refractivity contribution in [3.05, 3.63) is 59.7 Å². The molecule has 0 aliphatic rings. The van der Waals surface area contributed by atoms with E-state index in [0.717, 1.165) is 5.56 Å². The van der Waals surface area contributed by atoms with E-state index in [1.807, 2.05) is 30.3 Å². The normalized spacial score (nSPS) is 11.7. The lowest BCUT2D eigenvalue weighted by Crippen LogP contribution is -2.31. The Morgan fingerprint density at radius 3 is 2.62 bits per heavy atom. The third-order valence-electron chi connectivity index (χ3n) is 3.19. The number of aliphatic hydroxyl groups excluding tert-OH is 1. The van der Waals surface area contributed by atoms with Gasteiger partial charge in [-0.15, -0.1) is 0 Å². The van der Waals surface area contributed by atoms with E-state index >= 15 is 0 Å². The second kappa shape index (κ2) is 6.76. The molecule has 0 aromatic heterocycles. The van der Waals surface area contributed by atoms with Crippen molar-refractivity contribution in [2.45, 2.75) is 6.04 Å². The molecule has 0 aliphatic heterocycles. The molecule has 0 radical (unpaired) electrons. The number of hydrogen-bond donors (Lipinski definition) is 3. The van der Waals surface area contributed by atoms with Crippen LogP contribution in [-0.4, -0.2) is 24.7 Å². The standard InChI is InChI=1S/C16H18N2O3/c1-21-12-7-8-14(17)13(9-12)16(20)18-15(10-19)11-5-3-2-4-6-11/h2-9,15,19H,10,17H2,1H3,(H,18,20)/t15-/m1/s1. The van der Waals surface area contributed by atoms with Crippen LogP contribution < -0.4 is 15.8 Å². The Labute approximate surface area is 123 Å². The molecule has 2 rings (SSSR count). The van der Waals surface area contributed by atoms with Crippen molar-refractivity contribution < 1.29 is 14.6 Å². The minimum atomic E-state index is -0.482. The number of ether oxygens (including phenoxy) is 1. The molecule has 0 heterocycles. The van der Waals surface area contributed by atoms with Crippen molar-refractivity contribution in [1.82, 2.24) is 5.32 Å². The van der Waals surface area contributed by atoms with Gasteiger partial charge >= 0.3 is 0 Å². The van der Waals surface area contributed by atoms with Crippen LogP contribution in [0, 0.1) is 0 Å². The smallest absolute Gasteiger partial charge is 0.254 e. The molecule has 5 heteroatoms. The summed E-state index contributed by atoms with van der Waals surface area (Å²) in [5.41, 5.74) is 7.33. The summed E-state index contributed by atoms with van der Waals surface area (Å²) in [6.45, 7) is -0.195. The summed E-state index contributed by atoms with van der Waals surface area (Å²) in [5.74, 6) is 0.198. The van der Waals surface area contributed by atoms with E-state index in [1.165, 1.54) is 7.11 Å². The van der Waals surface area contributed by atoms with Crippen LogP contribution in [0.15, 0.2) is 48.5 Å². The maximum Gasteiger partial charge on any atom is 0.254 e. The van der Waals surface area contributed by atoms with Crippen molar-refractivity contribution in [3.63, 3.8) is 0 Å². The minimum Gasteiger partial charge on any atom is -0.497 e. The van der Waals surface area contributed by atoms with Crippen molar-refractivity contribution in [1.29, 1.82) is 0 Å². The number of nitrogens with one attached hydrogen (secondary N) is 1. The summed E-state index contributed by atoms with van der Waals surface area (Å²) in [6.07, 6.45) is 0. The lowest BCUT2D eigenvalue weighted by atomic mass is 10.1. The van der Waals surface area contributed by atoms with Gasteiger partial charge in [-0.2, -0.15) is 0 Å². The van der Waals surface area contributed by atoms with Gasteiger partial charge in [0.25, 0.3) is 5.91 Å². The molecule has 110 valence electrons. The molecular weight excluding hydrogens is 268 g/mol. The van der Waals surface area contributed by atoms with Gasteiger partial charge in [-0.1, -0.05) is 30.3 Å². The summed E-state index contributed by atoms with van der Waals surface area (Å²) in [4.78, 5) is 12.3. The molecule has 0 spiro atoms. The largest absolute Gasteiger partial charge is 0.497 e. The molecule has 0 aliphatic carbocycles. The molecule has 0 bridgehead atoms. The highest BCUT2D eigenvalue weighted by molar-refractivity contribution is 5.99. The first-order valence-corrected chi connectivity index (χ1v) is 6.56. The molecule has 21 heavy (non-hydrogen) atoms. The average molecular weight is 286 g/mol. The Bertz CT molecular complexity index is 614. The topological polar surface area (TPSA) is 84.6 Å². The quantitative estimate of drug-likeness (QED) is 0.731. The number of nitrogen functional groups attached to an aromatic ring is 1. The second-order valence-electron chi connectivity index (χ2n) is 4.57. The molecule has 4 N–H and O–H groups in total. The van der Waals surface area contributed by atoms with Crippen molar-refractivity contribution in [2.75, 3.05) is 19.5 Å². The van der Waals surface area contributed by atoms with Gasteiger partial charge in [0.15, 0.2) is 0 Å². The molecule has 0 fully saturated rings. The van der Waals surface area contributed by atoms with E-state index in [-0.39, 0.29) is 12.5 Å². The van der Waals surface area contributed by atoms with Crippen molar-refractivity contribution in [2.24, 2.45) is 0 Å². The van der Waals surface area contributed by atoms with Gasteiger partial charge in [0.2, 0.25) is 0 Å². The van der Waals surface area contributed by atoms with Crippen LogP contribution in [-0.2, 0) is 0 Å². The summed E-state index contributed by atoms with van der Waals surface area (Å²) >= 11 is 0. The lowest BCUT2D eigenvalue weighted by molar-refractivity contribution is 0.0917. The predicted octanol–water partition coefficient (Wildman–Crippen LogP) is 1.74. The first kappa shape index (κ1) is 14.9. The van der Waals surface area contributed by atoms with E-state index in [2.05, 4.69) is 5.32 Å². The van der Waals surface area contributed by atoms with Crippen LogP contribution in [0.2, 0.25) is 0 Å². The fourth-order valence-corrected chi connectivity index (χ4v) is 2.01. The number of amides is 1. The minimum absolute atomic E-state index is 0.195. The number of benzene rings is 2. The van der Waals surface area contributed by atoms with Crippen LogP contribution in [0.25, 0.3) is 0 Å². The molecule has 0 saturated heterocycles. The van der Waals surface area contributed by atoms with E-state index < -0.39 is 6.04 Å². The molecule has 0 unspecified atom stereocenters. The number of rotatable bonds is 5. The zero-order valence-electron chi connectivity index (χ0n) is 11.7. The highest BCUT2D eigenvalue weighted by Gasteiger charge is 2.17. The lowest BCUT2D eigenvalue weighted by Gasteiger charge is -2.17. The number of nitrogens with two attached hydrogens (primary N) is 1. The second-order valence-corrected chi connectivity index (χ2v) is 4.57. The van der Waals surface area contributed by atoms with Crippen LogP contribution in [0.3, 0.4) is 0 Å². The van der Waals surface area contributed by atoms with E-state index in [0.29, 0.717) is 17.0 Å². The molecular formula is C16H18N2O3. The fourth-order valence-electron chi connectivity index (χ4n) is 2.01. The Balaban J connectivity index is 2.20. The number of hydrogen-bond acceptors (Lipinski definition) is 4. The number of anilines is 1. The van der Waals surface area contributed by atoms with Gasteiger partial charge in [-0.05, 0) is 23.8 Å². The Kier molecular flexibility index (Phi) is 4.79. The predicted molar refractivity (Wildman–Crippen MR) is 81.1 cm³/mol. The highest BCUT2D eigenvalue weighted by atomic mass is 16.5. The molecule has 2 aromatic rings. The molecule has 5 nitrogen and oxygen atoms in total. The summed E-state index contributed by atoms with van der Waals surface area (Å²) in [5, 5.41) is 12.2. The van der Waals surface area contributed by atoms with Crippen LogP contribution in [0.1, 0.15) is 22.0 Å². The number of carbonyl (C=O) groups excluding carboxylic acids is 1. The van der Waals surface area contributed by atoms with Gasteiger partial charge in [-0.25, -0.2) is 0 Å². The van der Waals surface area contributed by atoms with E-state index in [1.54, 1.807) is 18.2 Å². The third-order valence-corrected chi connectivity index (χ3v) is 3.19. The SMILES string of the molecule is COc1ccc(N)c(C(=O)N[C@H](CO)c2ccccc2)c1.